The average molecular weight is 573 g/mol. The topological polar surface area (TPSA) is 110 Å². The van der Waals surface area contributed by atoms with Crippen molar-refractivity contribution in [3.63, 3.8) is 0 Å². The first-order valence-electron chi connectivity index (χ1n) is 12.3. The smallest absolute Gasteiger partial charge is 0.336 e. The van der Waals surface area contributed by atoms with Gasteiger partial charge in [-0.05, 0) is 29.8 Å². The van der Waals surface area contributed by atoms with E-state index in [1.807, 2.05) is 0 Å². The molecule has 10 nitrogen and oxygen atoms in total. The van der Waals surface area contributed by atoms with E-state index in [0.717, 1.165) is 0 Å². The number of benzene rings is 1. The third kappa shape index (κ3) is 5.70. The summed E-state index contributed by atoms with van der Waals surface area (Å²) in [6, 6.07) is 7.92. The van der Waals surface area contributed by atoms with Gasteiger partial charge in [-0.1, -0.05) is 17.7 Å². The van der Waals surface area contributed by atoms with Gasteiger partial charge in [0, 0.05) is 57.5 Å². The number of piperazine rings is 1. The summed E-state index contributed by atoms with van der Waals surface area (Å²) in [5.74, 6) is -0.995. The first-order chi connectivity index (χ1) is 19.1. The minimum Gasteiger partial charge on any atom is -0.336 e. The molecule has 2 amide bonds. The Hall–Kier alpha value is -4.23. The zero-order chi connectivity index (χ0) is 28.4. The molecule has 208 valence electrons. The summed E-state index contributed by atoms with van der Waals surface area (Å²) in [5, 5.41) is 9.74. The molecule has 0 atom stereocenters. The molecule has 1 aromatic carbocycles. The van der Waals surface area contributed by atoms with Crippen molar-refractivity contribution >= 4 is 29.1 Å². The standard InChI is InChI=1S/C26H24ClF3N8O2/c1-36-21(19-15-38(35-22(19)26(28,29)30)14-16-3-2-6-32-12-16)13-33-23(36)24(39)34-17-4-5-18(20(27)11-17)25(40)37-9-7-31-8-10-37/h2-6,11-13,15,31H,7-10,14H2,1H3,(H,34,39). The third-order valence-corrected chi connectivity index (χ3v) is 6.74. The Bertz CT molecular complexity index is 1550. The highest BCUT2D eigenvalue weighted by molar-refractivity contribution is 6.34. The van der Waals surface area contributed by atoms with Crippen LogP contribution in [0.3, 0.4) is 0 Å². The van der Waals surface area contributed by atoms with Crippen molar-refractivity contribution in [2.24, 2.45) is 7.05 Å². The number of carbonyl (C=O) groups excluding carboxylic acids is 2. The Morgan fingerprint density at radius 1 is 1.15 bits per heavy atom. The van der Waals surface area contributed by atoms with Crippen LogP contribution in [0.1, 0.15) is 32.2 Å². The maximum absolute atomic E-state index is 13.9. The Morgan fingerprint density at radius 2 is 1.93 bits per heavy atom. The Morgan fingerprint density at radius 3 is 2.60 bits per heavy atom. The van der Waals surface area contributed by atoms with E-state index < -0.39 is 17.8 Å². The summed E-state index contributed by atoms with van der Waals surface area (Å²) in [5.41, 5.74) is 0.0345. The Labute approximate surface area is 231 Å². The molecule has 0 saturated carbocycles. The number of alkyl halides is 3. The molecule has 0 bridgehead atoms. The van der Waals surface area contributed by atoms with Crippen molar-refractivity contribution in [3.8, 4) is 11.3 Å². The van der Waals surface area contributed by atoms with Crippen LogP contribution in [-0.2, 0) is 19.8 Å². The highest BCUT2D eigenvalue weighted by Crippen LogP contribution is 2.36. The molecular weight excluding hydrogens is 549 g/mol. The Balaban J connectivity index is 1.36. The van der Waals surface area contributed by atoms with Crippen molar-refractivity contribution < 1.29 is 22.8 Å². The van der Waals surface area contributed by atoms with Gasteiger partial charge in [-0.15, -0.1) is 0 Å². The normalized spacial score (nSPS) is 13.9. The maximum Gasteiger partial charge on any atom is 0.435 e. The van der Waals surface area contributed by atoms with Crippen LogP contribution in [0.15, 0.2) is 55.1 Å². The van der Waals surface area contributed by atoms with Gasteiger partial charge in [0.2, 0.25) is 0 Å². The highest BCUT2D eigenvalue weighted by Gasteiger charge is 2.38. The number of hydrogen-bond donors (Lipinski definition) is 2. The van der Waals surface area contributed by atoms with Gasteiger partial charge in [-0.3, -0.25) is 19.3 Å². The summed E-state index contributed by atoms with van der Waals surface area (Å²) >= 11 is 6.35. The number of nitrogens with one attached hydrogen (secondary N) is 2. The molecule has 4 aromatic rings. The molecule has 0 radical (unpaired) electrons. The number of amides is 2. The van der Waals surface area contributed by atoms with E-state index in [2.05, 4.69) is 25.7 Å². The molecule has 1 aliphatic heterocycles. The van der Waals surface area contributed by atoms with E-state index in [4.69, 9.17) is 11.6 Å². The second-order valence-corrected chi connectivity index (χ2v) is 9.57. The fourth-order valence-corrected chi connectivity index (χ4v) is 4.70. The van der Waals surface area contributed by atoms with Crippen LogP contribution >= 0.6 is 11.6 Å². The summed E-state index contributed by atoms with van der Waals surface area (Å²) in [4.78, 5) is 35.5. The third-order valence-electron chi connectivity index (χ3n) is 6.43. The van der Waals surface area contributed by atoms with Crippen molar-refractivity contribution in [1.29, 1.82) is 0 Å². The number of aromatic nitrogens is 5. The number of halogens is 4. The molecule has 14 heteroatoms. The lowest BCUT2D eigenvalue weighted by Gasteiger charge is -2.27. The number of rotatable bonds is 6. The summed E-state index contributed by atoms with van der Waals surface area (Å²) < 4.78 is 44.1. The van der Waals surface area contributed by atoms with E-state index in [0.29, 0.717) is 43.0 Å². The van der Waals surface area contributed by atoms with Crippen LogP contribution in [0.4, 0.5) is 18.9 Å². The van der Waals surface area contributed by atoms with Crippen LogP contribution < -0.4 is 10.6 Å². The lowest BCUT2D eigenvalue weighted by molar-refractivity contribution is -0.141. The zero-order valence-electron chi connectivity index (χ0n) is 21.2. The van der Waals surface area contributed by atoms with Crippen LogP contribution in [0, 0.1) is 0 Å². The van der Waals surface area contributed by atoms with E-state index >= 15 is 0 Å². The monoisotopic (exact) mass is 572 g/mol. The lowest BCUT2D eigenvalue weighted by Crippen LogP contribution is -2.46. The quantitative estimate of drug-likeness (QED) is 0.365. The second kappa shape index (κ2) is 11.1. The number of imidazole rings is 1. The first kappa shape index (κ1) is 27.3. The van der Waals surface area contributed by atoms with Crippen LogP contribution in [0.2, 0.25) is 5.02 Å². The summed E-state index contributed by atoms with van der Waals surface area (Å²) in [6.45, 7) is 2.59. The first-order valence-corrected chi connectivity index (χ1v) is 12.7. The van der Waals surface area contributed by atoms with Gasteiger partial charge in [-0.2, -0.15) is 18.3 Å². The molecule has 4 heterocycles. The number of anilines is 1. The van der Waals surface area contributed by atoms with Crippen LogP contribution in [-0.4, -0.2) is 67.2 Å². The zero-order valence-corrected chi connectivity index (χ0v) is 22.0. The second-order valence-electron chi connectivity index (χ2n) is 9.17. The van der Waals surface area contributed by atoms with Crippen molar-refractivity contribution in [2.45, 2.75) is 12.7 Å². The summed E-state index contributed by atoms with van der Waals surface area (Å²) in [6.07, 6.45) is 0.834. The van der Waals surface area contributed by atoms with Gasteiger partial charge in [0.05, 0.1) is 34.6 Å². The van der Waals surface area contributed by atoms with E-state index in [1.54, 1.807) is 29.4 Å². The molecule has 0 aliphatic carbocycles. The van der Waals surface area contributed by atoms with Gasteiger partial charge < -0.3 is 20.1 Å². The van der Waals surface area contributed by atoms with E-state index in [-0.39, 0.29) is 34.6 Å². The summed E-state index contributed by atoms with van der Waals surface area (Å²) in [7, 11) is 1.44. The Kier molecular flexibility index (Phi) is 7.59. The van der Waals surface area contributed by atoms with E-state index in [1.165, 1.54) is 46.9 Å². The molecule has 1 aliphatic rings. The molecule has 0 spiro atoms. The van der Waals surface area contributed by atoms with E-state index in [9.17, 15) is 22.8 Å². The molecule has 40 heavy (non-hydrogen) atoms. The van der Waals surface area contributed by atoms with Gasteiger partial charge >= 0.3 is 6.18 Å². The van der Waals surface area contributed by atoms with Gasteiger partial charge in [0.15, 0.2) is 11.5 Å². The van der Waals surface area contributed by atoms with Crippen molar-refractivity contribution in [2.75, 3.05) is 31.5 Å². The van der Waals surface area contributed by atoms with Crippen molar-refractivity contribution in [3.05, 3.63) is 82.8 Å². The van der Waals surface area contributed by atoms with Gasteiger partial charge in [0.25, 0.3) is 11.8 Å². The minimum absolute atomic E-state index is 0.0601. The number of nitrogens with zero attached hydrogens (tertiary/aromatic N) is 6. The molecule has 0 unspecified atom stereocenters. The van der Waals surface area contributed by atoms with Crippen molar-refractivity contribution in [1.82, 2.24) is 34.5 Å². The SMILES string of the molecule is Cn1c(-c2cn(Cc3cccnc3)nc2C(F)(F)F)cnc1C(=O)Nc1ccc(C(=O)N2CCNCC2)c(Cl)c1. The maximum atomic E-state index is 13.9. The lowest BCUT2D eigenvalue weighted by atomic mass is 10.1. The fraction of sp³-hybridized carbons (Fsp3) is 0.269. The highest BCUT2D eigenvalue weighted by atomic mass is 35.5. The predicted octanol–water partition coefficient (Wildman–Crippen LogP) is 3.70. The molecule has 1 fully saturated rings. The molecule has 5 rings (SSSR count). The minimum atomic E-state index is -4.73. The number of hydrogen-bond acceptors (Lipinski definition) is 6. The molecular formula is C26H24ClF3N8O2. The molecule has 3 aromatic heterocycles. The van der Waals surface area contributed by atoms with Crippen LogP contribution in [0.25, 0.3) is 11.3 Å². The molecule has 1 saturated heterocycles. The number of carbonyl (C=O) groups is 2. The fourth-order valence-electron chi connectivity index (χ4n) is 4.44. The van der Waals surface area contributed by atoms with Crippen LogP contribution in [0.5, 0.6) is 0 Å². The number of pyridine rings is 1. The molecule has 2 N–H and O–H groups in total. The average Bonchev–Trinajstić information content (AvgIpc) is 3.53. The largest absolute Gasteiger partial charge is 0.435 e. The van der Waals surface area contributed by atoms with Gasteiger partial charge in [-0.25, -0.2) is 4.98 Å². The predicted molar refractivity (Wildman–Crippen MR) is 141 cm³/mol. The van der Waals surface area contributed by atoms with Gasteiger partial charge in [0.1, 0.15) is 0 Å².